The van der Waals surface area contributed by atoms with Crippen LogP contribution in [0.4, 0.5) is 0 Å². The zero-order valence-corrected chi connectivity index (χ0v) is 9.63. The number of phenolic OH excluding ortho intramolecular Hbond substituents is 1. The number of aromatic hydroxyl groups is 1. The van der Waals surface area contributed by atoms with Gasteiger partial charge in [0.05, 0.1) is 0 Å². The van der Waals surface area contributed by atoms with Crippen LogP contribution in [-0.4, -0.2) is 11.7 Å². The van der Waals surface area contributed by atoms with E-state index in [1.54, 1.807) is 0 Å². The van der Waals surface area contributed by atoms with Crippen LogP contribution in [0, 0.1) is 0 Å². The summed E-state index contributed by atoms with van der Waals surface area (Å²) in [5.41, 5.74) is 10.2. The van der Waals surface area contributed by atoms with Gasteiger partial charge in [-0.2, -0.15) is 0 Å². The van der Waals surface area contributed by atoms with Crippen LogP contribution in [0.2, 0.25) is 0 Å². The summed E-state index contributed by atoms with van der Waals surface area (Å²) in [4.78, 5) is 0. The number of hydrogen-bond acceptors (Lipinski definition) is 2. The summed E-state index contributed by atoms with van der Waals surface area (Å²) in [5, 5.41) is 9.91. The molecule has 16 heavy (non-hydrogen) atoms. The molecule has 2 aliphatic rings. The van der Waals surface area contributed by atoms with Crippen LogP contribution in [0.25, 0.3) is 0 Å². The molecule has 0 amide bonds. The van der Waals surface area contributed by atoms with Gasteiger partial charge in [0.1, 0.15) is 5.75 Å². The highest BCUT2D eigenvalue weighted by molar-refractivity contribution is 5.50. The monoisotopic (exact) mass is 217 g/mol. The van der Waals surface area contributed by atoms with E-state index < -0.39 is 0 Å². The lowest BCUT2D eigenvalue weighted by Crippen LogP contribution is -2.23. The van der Waals surface area contributed by atoms with Crippen LogP contribution < -0.4 is 5.73 Å². The van der Waals surface area contributed by atoms with Gasteiger partial charge in [-0.05, 0) is 61.3 Å². The number of fused-ring (bicyclic) bond motifs is 1. The molecular weight excluding hydrogens is 198 g/mol. The first-order chi connectivity index (χ1) is 7.77. The van der Waals surface area contributed by atoms with Gasteiger partial charge in [-0.1, -0.05) is 6.07 Å². The van der Waals surface area contributed by atoms with Crippen molar-refractivity contribution < 1.29 is 5.11 Å². The molecule has 0 saturated heterocycles. The third kappa shape index (κ3) is 1.36. The van der Waals surface area contributed by atoms with Crippen LogP contribution in [0.1, 0.15) is 42.4 Å². The van der Waals surface area contributed by atoms with Gasteiger partial charge < -0.3 is 10.8 Å². The van der Waals surface area contributed by atoms with Gasteiger partial charge in [-0.25, -0.2) is 0 Å². The van der Waals surface area contributed by atoms with Crippen molar-refractivity contribution in [3.8, 4) is 5.75 Å². The van der Waals surface area contributed by atoms with Crippen molar-refractivity contribution >= 4 is 0 Å². The predicted octanol–water partition coefficient (Wildman–Crippen LogP) is 2.26. The van der Waals surface area contributed by atoms with E-state index in [2.05, 4.69) is 6.07 Å². The lowest BCUT2D eigenvalue weighted by atomic mass is 9.82. The van der Waals surface area contributed by atoms with Crippen molar-refractivity contribution in [1.82, 2.24) is 0 Å². The van der Waals surface area contributed by atoms with Crippen molar-refractivity contribution in [2.75, 3.05) is 6.54 Å². The molecule has 3 rings (SSSR count). The molecule has 0 atom stereocenters. The van der Waals surface area contributed by atoms with Crippen LogP contribution in [0.3, 0.4) is 0 Å². The van der Waals surface area contributed by atoms with E-state index in [1.165, 1.54) is 42.4 Å². The maximum atomic E-state index is 9.91. The Hall–Kier alpha value is -1.02. The molecule has 3 N–H and O–H groups in total. The molecule has 0 heterocycles. The largest absolute Gasteiger partial charge is 0.508 e. The Kier molecular flexibility index (Phi) is 2.21. The van der Waals surface area contributed by atoms with Gasteiger partial charge in [0.15, 0.2) is 0 Å². The third-order valence-electron chi connectivity index (χ3n) is 4.33. The Morgan fingerprint density at radius 3 is 2.44 bits per heavy atom. The second-order valence-corrected chi connectivity index (χ2v) is 5.28. The molecule has 1 fully saturated rings. The number of phenols is 1. The van der Waals surface area contributed by atoms with E-state index in [0.717, 1.165) is 19.4 Å². The SMILES string of the molecule is NCC1(c2ccc(O)c3c2CCCC3)CC1. The molecule has 1 saturated carbocycles. The molecule has 0 spiro atoms. The maximum Gasteiger partial charge on any atom is 0.119 e. The average Bonchev–Trinajstić information content (AvgIpc) is 3.11. The fourth-order valence-electron chi connectivity index (χ4n) is 3.08. The first-order valence-electron chi connectivity index (χ1n) is 6.31. The van der Waals surface area contributed by atoms with E-state index in [1.807, 2.05) is 6.07 Å². The minimum Gasteiger partial charge on any atom is -0.508 e. The highest BCUT2D eigenvalue weighted by atomic mass is 16.3. The van der Waals surface area contributed by atoms with E-state index in [4.69, 9.17) is 5.73 Å². The lowest BCUT2D eigenvalue weighted by Gasteiger charge is -2.24. The summed E-state index contributed by atoms with van der Waals surface area (Å²) in [5.74, 6) is 0.492. The Bertz CT molecular complexity index is 421. The first kappa shape index (κ1) is 10.2. The minimum atomic E-state index is 0.259. The lowest BCUT2D eigenvalue weighted by molar-refractivity contribution is 0.460. The van der Waals surface area contributed by atoms with Gasteiger partial charge in [-0.15, -0.1) is 0 Å². The summed E-state index contributed by atoms with van der Waals surface area (Å²) in [6, 6.07) is 3.98. The highest BCUT2D eigenvalue weighted by Gasteiger charge is 2.44. The fraction of sp³-hybridized carbons (Fsp3) is 0.571. The van der Waals surface area contributed by atoms with E-state index in [9.17, 15) is 5.11 Å². The Balaban J connectivity index is 2.12. The number of nitrogens with two attached hydrogens (primary N) is 1. The quantitative estimate of drug-likeness (QED) is 0.798. The molecule has 1 aromatic carbocycles. The van der Waals surface area contributed by atoms with Gasteiger partial charge in [0.2, 0.25) is 0 Å². The maximum absolute atomic E-state index is 9.91. The summed E-state index contributed by atoms with van der Waals surface area (Å²) in [6.07, 6.45) is 7.07. The fourth-order valence-corrected chi connectivity index (χ4v) is 3.08. The zero-order chi connectivity index (χ0) is 11.2. The molecule has 2 heteroatoms. The van der Waals surface area contributed by atoms with Crippen LogP contribution in [0.5, 0.6) is 5.75 Å². The van der Waals surface area contributed by atoms with E-state index in [0.29, 0.717) is 5.75 Å². The molecule has 0 unspecified atom stereocenters. The summed E-state index contributed by atoms with van der Waals surface area (Å²) in [7, 11) is 0. The van der Waals surface area contributed by atoms with Gasteiger partial charge >= 0.3 is 0 Å². The minimum absolute atomic E-state index is 0.259. The Morgan fingerprint density at radius 1 is 1.12 bits per heavy atom. The van der Waals surface area contributed by atoms with Gasteiger partial charge in [0.25, 0.3) is 0 Å². The highest BCUT2D eigenvalue weighted by Crippen LogP contribution is 2.50. The molecule has 2 nitrogen and oxygen atoms in total. The Morgan fingerprint density at radius 2 is 1.81 bits per heavy atom. The van der Waals surface area contributed by atoms with Gasteiger partial charge in [0, 0.05) is 12.0 Å². The molecule has 2 aliphatic carbocycles. The summed E-state index contributed by atoms with van der Waals surface area (Å²) in [6.45, 7) is 0.754. The van der Waals surface area contributed by atoms with Crippen molar-refractivity contribution in [1.29, 1.82) is 0 Å². The van der Waals surface area contributed by atoms with Crippen molar-refractivity contribution in [2.45, 2.75) is 43.9 Å². The number of hydrogen-bond donors (Lipinski definition) is 2. The van der Waals surface area contributed by atoms with E-state index in [-0.39, 0.29) is 5.41 Å². The van der Waals surface area contributed by atoms with Crippen LogP contribution in [-0.2, 0) is 18.3 Å². The molecule has 1 aromatic rings. The first-order valence-corrected chi connectivity index (χ1v) is 6.31. The smallest absolute Gasteiger partial charge is 0.119 e. The van der Waals surface area contributed by atoms with Crippen LogP contribution >= 0.6 is 0 Å². The molecule has 0 aliphatic heterocycles. The third-order valence-corrected chi connectivity index (χ3v) is 4.33. The topological polar surface area (TPSA) is 46.2 Å². The molecular formula is C14H19NO. The number of rotatable bonds is 2. The van der Waals surface area contributed by atoms with Crippen molar-refractivity contribution in [2.24, 2.45) is 5.73 Å². The van der Waals surface area contributed by atoms with Gasteiger partial charge in [-0.3, -0.25) is 0 Å². The standard InChI is InChI=1S/C14H19NO/c15-9-14(7-8-14)12-5-6-13(16)11-4-2-1-3-10(11)12/h5-6,16H,1-4,7-9,15H2. The molecule has 0 bridgehead atoms. The molecule has 86 valence electrons. The molecule has 0 radical (unpaired) electrons. The second-order valence-electron chi connectivity index (χ2n) is 5.28. The Labute approximate surface area is 96.5 Å². The summed E-state index contributed by atoms with van der Waals surface area (Å²) >= 11 is 0. The van der Waals surface area contributed by atoms with Crippen molar-refractivity contribution in [3.05, 3.63) is 28.8 Å². The number of benzene rings is 1. The van der Waals surface area contributed by atoms with Crippen molar-refractivity contribution in [3.63, 3.8) is 0 Å². The summed E-state index contributed by atoms with van der Waals surface area (Å²) < 4.78 is 0. The zero-order valence-electron chi connectivity index (χ0n) is 9.63. The average molecular weight is 217 g/mol. The second kappa shape index (κ2) is 3.49. The van der Waals surface area contributed by atoms with Crippen LogP contribution in [0.15, 0.2) is 12.1 Å². The predicted molar refractivity (Wildman–Crippen MR) is 64.7 cm³/mol. The van der Waals surface area contributed by atoms with E-state index >= 15 is 0 Å². The molecule has 0 aromatic heterocycles. The normalized spacial score (nSPS) is 21.6.